The van der Waals surface area contributed by atoms with Crippen molar-refractivity contribution in [2.24, 2.45) is 0 Å². The molecule has 1 atom stereocenters. The fourth-order valence-electron chi connectivity index (χ4n) is 2.45. The highest BCUT2D eigenvalue weighted by molar-refractivity contribution is 5.32. The minimum atomic E-state index is -2.54. The fourth-order valence-corrected chi connectivity index (χ4v) is 2.45. The zero-order chi connectivity index (χ0) is 14.0. The highest BCUT2D eigenvalue weighted by Crippen LogP contribution is 2.49. The van der Waals surface area contributed by atoms with E-state index in [1.807, 2.05) is 30.3 Å². The molecule has 1 fully saturated rings. The molecule has 0 spiro atoms. The summed E-state index contributed by atoms with van der Waals surface area (Å²) in [5, 5.41) is 0. The van der Waals surface area contributed by atoms with Crippen LogP contribution in [-0.4, -0.2) is 5.92 Å². The van der Waals surface area contributed by atoms with Gasteiger partial charge in [-0.2, -0.15) is 0 Å². The molecule has 1 unspecified atom stereocenters. The summed E-state index contributed by atoms with van der Waals surface area (Å²) in [6.07, 6.45) is 0.571. The molecule has 0 heterocycles. The Morgan fingerprint density at radius 2 is 1.70 bits per heavy atom. The molecular weight excluding hydrogens is 258 g/mol. The quantitative estimate of drug-likeness (QED) is 0.779. The van der Waals surface area contributed by atoms with Crippen molar-refractivity contribution in [3.05, 3.63) is 65.7 Å². The van der Waals surface area contributed by atoms with Gasteiger partial charge in [0.25, 0.3) is 5.92 Å². The third-order valence-electron chi connectivity index (χ3n) is 3.81. The van der Waals surface area contributed by atoms with E-state index in [-0.39, 0.29) is 6.42 Å². The largest absolute Gasteiger partial charge is 0.489 e. The summed E-state index contributed by atoms with van der Waals surface area (Å²) < 4.78 is 32.3. The summed E-state index contributed by atoms with van der Waals surface area (Å²) in [6.45, 7) is 0.486. The summed E-state index contributed by atoms with van der Waals surface area (Å²) in [6, 6.07) is 16.9. The maximum absolute atomic E-state index is 13.3. The molecule has 3 heteroatoms. The molecule has 1 aliphatic rings. The van der Waals surface area contributed by atoms with Gasteiger partial charge in [-0.3, -0.25) is 0 Å². The molecule has 0 aliphatic heterocycles. The first-order valence-corrected chi connectivity index (χ1v) is 6.80. The lowest BCUT2D eigenvalue weighted by molar-refractivity contribution is -0.0962. The van der Waals surface area contributed by atoms with Crippen molar-refractivity contribution in [2.75, 3.05) is 0 Å². The predicted octanol–water partition coefficient (Wildman–Crippen LogP) is 4.78. The maximum atomic E-state index is 13.3. The minimum absolute atomic E-state index is 0.00389. The SMILES string of the molecule is FC1(F)CCC1c1ccc(OCc2ccccc2)cc1. The fraction of sp³-hybridized carbons (Fsp3) is 0.294. The van der Waals surface area contributed by atoms with Crippen molar-refractivity contribution in [1.29, 1.82) is 0 Å². The van der Waals surface area contributed by atoms with Crippen LogP contribution in [0, 0.1) is 0 Å². The number of hydrogen-bond acceptors (Lipinski definition) is 1. The number of benzene rings is 2. The number of halogens is 2. The van der Waals surface area contributed by atoms with Crippen LogP contribution < -0.4 is 4.74 Å². The van der Waals surface area contributed by atoms with E-state index < -0.39 is 11.8 Å². The lowest BCUT2D eigenvalue weighted by atomic mass is 9.76. The Morgan fingerprint density at radius 3 is 2.25 bits per heavy atom. The van der Waals surface area contributed by atoms with E-state index >= 15 is 0 Å². The van der Waals surface area contributed by atoms with Gasteiger partial charge in [0.2, 0.25) is 0 Å². The first-order valence-electron chi connectivity index (χ1n) is 6.80. The Bertz CT molecular complexity index is 563. The highest BCUT2D eigenvalue weighted by Gasteiger charge is 2.48. The summed E-state index contributed by atoms with van der Waals surface area (Å²) in [4.78, 5) is 0. The van der Waals surface area contributed by atoms with Crippen molar-refractivity contribution in [1.82, 2.24) is 0 Å². The van der Waals surface area contributed by atoms with Gasteiger partial charge in [0.15, 0.2) is 0 Å². The van der Waals surface area contributed by atoms with Crippen LogP contribution in [-0.2, 0) is 6.61 Å². The number of hydrogen-bond donors (Lipinski definition) is 0. The Morgan fingerprint density at radius 1 is 1.00 bits per heavy atom. The molecule has 0 N–H and O–H groups in total. The van der Waals surface area contributed by atoms with Crippen molar-refractivity contribution in [3.8, 4) is 5.75 Å². The lowest BCUT2D eigenvalue weighted by Gasteiger charge is -2.36. The van der Waals surface area contributed by atoms with Gasteiger partial charge in [-0.15, -0.1) is 0 Å². The van der Waals surface area contributed by atoms with Crippen LogP contribution >= 0.6 is 0 Å². The van der Waals surface area contributed by atoms with E-state index in [0.717, 1.165) is 5.56 Å². The Kier molecular flexibility index (Phi) is 3.43. The van der Waals surface area contributed by atoms with Crippen molar-refractivity contribution < 1.29 is 13.5 Å². The van der Waals surface area contributed by atoms with Gasteiger partial charge in [-0.05, 0) is 29.7 Å². The van der Waals surface area contributed by atoms with Crippen LogP contribution in [0.2, 0.25) is 0 Å². The zero-order valence-electron chi connectivity index (χ0n) is 11.1. The normalized spacial score (nSPS) is 20.2. The van der Waals surface area contributed by atoms with E-state index in [2.05, 4.69) is 0 Å². The van der Waals surface area contributed by atoms with Crippen LogP contribution in [0.15, 0.2) is 54.6 Å². The van der Waals surface area contributed by atoms with E-state index in [4.69, 9.17) is 4.74 Å². The molecule has 2 aromatic carbocycles. The summed E-state index contributed by atoms with van der Waals surface area (Å²) in [5.41, 5.74) is 1.79. The van der Waals surface area contributed by atoms with E-state index in [1.54, 1.807) is 24.3 Å². The van der Waals surface area contributed by atoms with Crippen LogP contribution in [0.5, 0.6) is 5.75 Å². The third kappa shape index (κ3) is 2.67. The second-order valence-corrected chi connectivity index (χ2v) is 5.20. The van der Waals surface area contributed by atoms with Gasteiger partial charge in [-0.25, -0.2) is 8.78 Å². The monoisotopic (exact) mass is 274 g/mol. The molecule has 104 valence electrons. The van der Waals surface area contributed by atoms with Gasteiger partial charge >= 0.3 is 0 Å². The third-order valence-corrected chi connectivity index (χ3v) is 3.81. The average Bonchev–Trinajstić information content (AvgIpc) is 2.47. The molecule has 2 aromatic rings. The predicted molar refractivity (Wildman–Crippen MR) is 74.1 cm³/mol. The maximum Gasteiger partial charge on any atom is 0.254 e. The van der Waals surface area contributed by atoms with Gasteiger partial charge in [-0.1, -0.05) is 42.5 Å². The lowest BCUT2D eigenvalue weighted by Crippen LogP contribution is -2.36. The molecule has 20 heavy (non-hydrogen) atoms. The van der Waals surface area contributed by atoms with Crippen LogP contribution in [0.3, 0.4) is 0 Å². The average molecular weight is 274 g/mol. The summed E-state index contributed by atoms with van der Waals surface area (Å²) >= 11 is 0. The van der Waals surface area contributed by atoms with E-state index in [9.17, 15) is 8.78 Å². The number of alkyl halides is 2. The van der Waals surface area contributed by atoms with Crippen LogP contribution in [0.25, 0.3) is 0 Å². The number of ether oxygens (including phenoxy) is 1. The van der Waals surface area contributed by atoms with Crippen LogP contribution in [0.4, 0.5) is 8.78 Å². The first kappa shape index (κ1) is 13.1. The molecule has 1 saturated carbocycles. The molecule has 0 bridgehead atoms. The highest BCUT2D eigenvalue weighted by atomic mass is 19.3. The Hall–Kier alpha value is -1.90. The Balaban J connectivity index is 1.62. The first-order chi connectivity index (χ1) is 9.65. The van der Waals surface area contributed by atoms with Gasteiger partial charge < -0.3 is 4.74 Å². The molecule has 1 aliphatic carbocycles. The van der Waals surface area contributed by atoms with Gasteiger partial charge in [0, 0.05) is 12.3 Å². The molecule has 3 rings (SSSR count). The number of rotatable bonds is 4. The molecule has 1 nitrogen and oxygen atoms in total. The Labute approximate surface area is 117 Å². The molecule has 0 amide bonds. The zero-order valence-corrected chi connectivity index (χ0v) is 11.1. The second-order valence-electron chi connectivity index (χ2n) is 5.20. The van der Waals surface area contributed by atoms with Crippen molar-refractivity contribution in [3.63, 3.8) is 0 Å². The topological polar surface area (TPSA) is 9.23 Å². The van der Waals surface area contributed by atoms with E-state index in [0.29, 0.717) is 24.3 Å². The van der Waals surface area contributed by atoms with Gasteiger partial charge in [0.1, 0.15) is 12.4 Å². The summed E-state index contributed by atoms with van der Waals surface area (Å²) in [5.74, 6) is -2.45. The van der Waals surface area contributed by atoms with Crippen molar-refractivity contribution >= 4 is 0 Å². The molecule has 0 radical (unpaired) electrons. The van der Waals surface area contributed by atoms with Crippen LogP contribution in [0.1, 0.15) is 29.9 Å². The van der Waals surface area contributed by atoms with Gasteiger partial charge in [0.05, 0.1) is 0 Å². The molecule has 0 saturated heterocycles. The molecular formula is C17H16F2O. The van der Waals surface area contributed by atoms with E-state index in [1.165, 1.54) is 0 Å². The van der Waals surface area contributed by atoms with Crippen molar-refractivity contribution in [2.45, 2.75) is 31.3 Å². The smallest absolute Gasteiger partial charge is 0.254 e. The second kappa shape index (κ2) is 5.23. The standard InChI is InChI=1S/C17H16F2O/c18-17(19)11-10-16(17)14-6-8-15(9-7-14)20-12-13-4-2-1-3-5-13/h1-9,16H,10-12H2. The summed E-state index contributed by atoms with van der Waals surface area (Å²) in [7, 11) is 0. The molecule has 0 aromatic heterocycles. The minimum Gasteiger partial charge on any atom is -0.489 e.